The second-order valence-electron chi connectivity index (χ2n) is 3.13. The molecule has 1 atom stereocenters. The predicted molar refractivity (Wildman–Crippen MR) is 62.5 cm³/mol. The molecule has 0 spiro atoms. The smallest absolute Gasteiger partial charge is 0.142 e. The van der Waals surface area contributed by atoms with Gasteiger partial charge in [0.2, 0.25) is 0 Å². The van der Waals surface area contributed by atoms with Crippen molar-refractivity contribution in [2.24, 2.45) is 0 Å². The van der Waals surface area contributed by atoms with Gasteiger partial charge >= 0.3 is 0 Å². The Morgan fingerprint density at radius 1 is 1.33 bits per heavy atom. The summed E-state index contributed by atoms with van der Waals surface area (Å²) >= 11 is 3.39. The third-order valence-corrected chi connectivity index (χ3v) is 3.01. The molecule has 0 saturated heterocycles. The Hall–Kier alpha value is -0.740. The maximum absolute atomic E-state index is 9.79. The number of rotatable bonds is 4. The van der Waals surface area contributed by atoms with E-state index in [0.29, 0.717) is 17.9 Å². The highest BCUT2D eigenvalue weighted by Gasteiger charge is 2.17. The molecule has 0 saturated carbocycles. The number of halogens is 1. The van der Waals surface area contributed by atoms with Gasteiger partial charge in [-0.15, -0.1) is 0 Å². The van der Waals surface area contributed by atoms with E-state index < -0.39 is 6.10 Å². The molecular weight excluding hydrogens is 260 g/mol. The van der Waals surface area contributed by atoms with E-state index in [0.717, 1.165) is 10.0 Å². The summed E-state index contributed by atoms with van der Waals surface area (Å²) in [7, 11) is 3.17. The van der Waals surface area contributed by atoms with E-state index in [4.69, 9.17) is 9.47 Å². The van der Waals surface area contributed by atoms with Gasteiger partial charge < -0.3 is 14.6 Å². The number of hydrogen-bond donors (Lipinski definition) is 1. The first-order valence-corrected chi connectivity index (χ1v) is 5.53. The summed E-state index contributed by atoms with van der Waals surface area (Å²) in [5.74, 6) is 1.32. The minimum atomic E-state index is -0.512. The van der Waals surface area contributed by atoms with Crippen molar-refractivity contribution in [3.63, 3.8) is 0 Å². The van der Waals surface area contributed by atoms with E-state index in [1.165, 1.54) is 0 Å². The van der Waals surface area contributed by atoms with Crippen molar-refractivity contribution in [2.45, 2.75) is 19.4 Å². The topological polar surface area (TPSA) is 38.7 Å². The highest BCUT2D eigenvalue weighted by atomic mass is 79.9. The van der Waals surface area contributed by atoms with Gasteiger partial charge in [-0.3, -0.25) is 0 Å². The SMILES string of the molecule is CCC(O)c1ccc(OC)c(Br)c1OC. The van der Waals surface area contributed by atoms with Gasteiger partial charge in [0.25, 0.3) is 0 Å². The number of ether oxygens (including phenoxy) is 2. The first-order chi connectivity index (χ1) is 7.15. The largest absolute Gasteiger partial charge is 0.495 e. The Morgan fingerprint density at radius 2 is 2.00 bits per heavy atom. The van der Waals surface area contributed by atoms with E-state index in [9.17, 15) is 5.11 Å². The number of benzene rings is 1. The molecule has 0 radical (unpaired) electrons. The maximum Gasteiger partial charge on any atom is 0.142 e. The van der Waals surface area contributed by atoms with Crippen LogP contribution in [0.3, 0.4) is 0 Å². The van der Waals surface area contributed by atoms with Gasteiger partial charge in [-0.25, -0.2) is 0 Å². The van der Waals surface area contributed by atoms with Crippen molar-refractivity contribution in [1.82, 2.24) is 0 Å². The van der Waals surface area contributed by atoms with E-state index in [-0.39, 0.29) is 0 Å². The molecule has 84 valence electrons. The molecule has 4 heteroatoms. The molecule has 1 aromatic rings. The van der Waals surface area contributed by atoms with Crippen molar-refractivity contribution in [3.05, 3.63) is 22.2 Å². The molecule has 3 nitrogen and oxygen atoms in total. The lowest BCUT2D eigenvalue weighted by Crippen LogP contribution is -2.01. The molecule has 1 unspecified atom stereocenters. The van der Waals surface area contributed by atoms with Crippen molar-refractivity contribution >= 4 is 15.9 Å². The van der Waals surface area contributed by atoms with Crippen LogP contribution in [0.25, 0.3) is 0 Å². The van der Waals surface area contributed by atoms with Crippen LogP contribution >= 0.6 is 15.9 Å². The Bertz CT molecular complexity index is 339. The van der Waals surface area contributed by atoms with Gasteiger partial charge in [0.05, 0.1) is 20.3 Å². The standard InChI is InChI=1S/C11H15BrO3/c1-4-8(13)7-5-6-9(14-2)10(12)11(7)15-3/h5-6,8,13H,4H2,1-3H3. The van der Waals surface area contributed by atoms with Gasteiger partial charge in [0.15, 0.2) is 0 Å². The monoisotopic (exact) mass is 274 g/mol. The van der Waals surface area contributed by atoms with Crippen LogP contribution in [0, 0.1) is 0 Å². The van der Waals surface area contributed by atoms with Crippen LogP contribution in [0.1, 0.15) is 25.0 Å². The first-order valence-electron chi connectivity index (χ1n) is 4.74. The number of aliphatic hydroxyl groups excluding tert-OH is 1. The molecule has 1 rings (SSSR count). The van der Waals surface area contributed by atoms with Crippen molar-refractivity contribution in [3.8, 4) is 11.5 Å². The van der Waals surface area contributed by atoms with E-state index in [2.05, 4.69) is 15.9 Å². The molecular formula is C11H15BrO3. The highest BCUT2D eigenvalue weighted by Crippen LogP contribution is 2.40. The van der Waals surface area contributed by atoms with Crippen LogP contribution in [0.5, 0.6) is 11.5 Å². The van der Waals surface area contributed by atoms with Crippen molar-refractivity contribution in [2.75, 3.05) is 14.2 Å². The minimum Gasteiger partial charge on any atom is -0.495 e. The van der Waals surface area contributed by atoms with Gasteiger partial charge in [0.1, 0.15) is 16.0 Å². The summed E-state index contributed by atoms with van der Waals surface area (Å²) in [6.07, 6.45) is 0.136. The lowest BCUT2D eigenvalue weighted by molar-refractivity contribution is 0.169. The van der Waals surface area contributed by atoms with Crippen LogP contribution in [-0.4, -0.2) is 19.3 Å². The fourth-order valence-electron chi connectivity index (χ4n) is 1.40. The summed E-state index contributed by atoms with van der Waals surface area (Å²) in [6.45, 7) is 1.92. The molecule has 0 amide bonds. The predicted octanol–water partition coefficient (Wildman–Crippen LogP) is 2.91. The Kier molecular flexibility index (Phi) is 4.42. The third-order valence-electron chi connectivity index (χ3n) is 2.26. The van der Waals surface area contributed by atoms with E-state index in [1.54, 1.807) is 20.3 Å². The van der Waals surface area contributed by atoms with Crippen LogP contribution in [-0.2, 0) is 0 Å². The molecule has 0 aromatic heterocycles. The minimum absolute atomic E-state index is 0.512. The van der Waals surface area contributed by atoms with Crippen LogP contribution in [0.2, 0.25) is 0 Å². The normalized spacial score (nSPS) is 12.3. The van der Waals surface area contributed by atoms with Crippen molar-refractivity contribution in [1.29, 1.82) is 0 Å². The molecule has 0 aliphatic carbocycles. The molecule has 0 bridgehead atoms. The molecule has 15 heavy (non-hydrogen) atoms. The average Bonchev–Trinajstić information content (AvgIpc) is 2.27. The molecule has 1 N–H and O–H groups in total. The second-order valence-corrected chi connectivity index (χ2v) is 3.92. The van der Waals surface area contributed by atoms with Crippen molar-refractivity contribution < 1.29 is 14.6 Å². The van der Waals surface area contributed by atoms with Gasteiger partial charge in [-0.2, -0.15) is 0 Å². The first kappa shape index (κ1) is 12.3. The van der Waals surface area contributed by atoms with Crippen LogP contribution in [0.4, 0.5) is 0 Å². The summed E-state index contributed by atoms with van der Waals surface area (Å²) in [5.41, 5.74) is 0.771. The summed E-state index contributed by atoms with van der Waals surface area (Å²) < 4.78 is 11.1. The van der Waals surface area contributed by atoms with Gasteiger partial charge in [-0.1, -0.05) is 6.92 Å². The third kappa shape index (κ3) is 2.44. The van der Waals surface area contributed by atoms with E-state index >= 15 is 0 Å². The summed E-state index contributed by atoms with van der Waals surface area (Å²) in [6, 6.07) is 3.62. The number of aliphatic hydroxyl groups is 1. The second kappa shape index (κ2) is 5.37. The highest BCUT2D eigenvalue weighted by molar-refractivity contribution is 9.10. The quantitative estimate of drug-likeness (QED) is 0.918. The molecule has 1 aromatic carbocycles. The zero-order chi connectivity index (χ0) is 11.4. The molecule has 0 fully saturated rings. The van der Waals surface area contributed by atoms with Crippen LogP contribution in [0.15, 0.2) is 16.6 Å². The van der Waals surface area contributed by atoms with Gasteiger partial charge in [0, 0.05) is 5.56 Å². The Labute approximate surface area is 98.1 Å². The molecule has 0 heterocycles. The Balaban J connectivity index is 3.24. The lowest BCUT2D eigenvalue weighted by Gasteiger charge is -2.16. The molecule has 0 aliphatic rings. The zero-order valence-corrected chi connectivity index (χ0v) is 10.7. The fourth-order valence-corrected chi connectivity index (χ4v) is 2.09. The lowest BCUT2D eigenvalue weighted by atomic mass is 10.1. The summed E-state index contributed by atoms with van der Waals surface area (Å²) in [5, 5.41) is 9.79. The fraction of sp³-hybridized carbons (Fsp3) is 0.455. The summed E-state index contributed by atoms with van der Waals surface area (Å²) in [4.78, 5) is 0. The number of hydrogen-bond acceptors (Lipinski definition) is 3. The Morgan fingerprint density at radius 3 is 2.47 bits per heavy atom. The van der Waals surface area contributed by atoms with Crippen LogP contribution < -0.4 is 9.47 Å². The average molecular weight is 275 g/mol. The van der Waals surface area contributed by atoms with Gasteiger partial charge in [-0.05, 0) is 34.5 Å². The van der Waals surface area contributed by atoms with E-state index in [1.807, 2.05) is 13.0 Å². The maximum atomic E-state index is 9.79. The zero-order valence-electron chi connectivity index (χ0n) is 9.08. The molecule has 0 aliphatic heterocycles. The number of methoxy groups -OCH3 is 2.